The Morgan fingerprint density at radius 2 is 1.87 bits per heavy atom. The minimum atomic E-state index is -3.65. The molecule has 0 atom stereocenters. The number of ether oxygens (including phenoxy) is 2. The van der Waals surface area contributed by atoms with Crippen LogP contribution in [0.25, 0.3) is 0 Å². The van der Waals surface area contributed by atoms with E-state index in [1.165, 1.54) is 48.5 Å². The van der Waals surface area contributed by atoms with Crippen LogP contribution < -0.4 is 5.32 Å². The maximum absolute atomic E-state index is 12.7. The number of esters is 1. The highest BCUT2D eigenvalue weighted by Gasteiger charge is 2.26. The van der Waals surface area contributed by atoms with Crippen molar-refractivity contribution in [1.82, 2.24) is 4.31 Å². The molecule has 0 radical (unpaired) electrons. The number of hydrogen-bond donors (Lipinski definition) is 1. The summed E-state index contributed by atoms with van der Waals surface area (Å²) in [6, 6.07) is 6.07. The lowest BCUT2D eigenvalue weighted by Crippen LogP contribution is -2.40. The molecule has 0 unspecified atom stereocenters. The summed E-state index contributed by atoms with van der Waals surface area (Å²) in [6.45, 7) is 0.942. The Morgan fingerprint density at radius 3 is 2.61 bits per heavy atom. The van der Waals surface area contributed by atoms with E-state index in [2.05, 4.69) is 5.32 Å². The van der Waals surface area contributed by atoms with Crippen molar-refractivity contribution >= 4 is 27.6 Å². The van der Waals surface area contributed by atoms with Gasteiger partial charge in [0, 0.05) is 25.2 Å². The minimum absolute atomic E-state index is 0.104. The fraction of sp³-hybridized carbons (Fsp3) is 0.636. The minimum Gasteiger partial charge on any atom is -0.456 e. The van der Waals surface area contributed by atoms with Gasteiger partial charge in [0.05, 0.1) is 18.1 Å². The predicted octanol–water partition coefficient (Wildman–Crippen LogP) is 2.94. The first-order chi connectivity index (χ1) is 14.9. The zero-order valence-electron chi connectivity index (χ0n) is 17.9. The maximum atomic E-state index is 12.7. The molecule has 1 saturated carbocycles. The van der Waals surface area contributed by atoms with Crippen LogP contribution in [0.15, 0.2) is 29.2 Å². The number of carbonyl (C=O) groups excluding carboxylic acids is 2. The van der Waals surface area contributed by atoms with E-state index in [0.717, 1.165) is 12.8 Å². The average Bonchev–Trinajstić information content (AvgIpc) is 2.79. The molecule has 1 aromatic carbocycles. The van der Waals surface area contributed by atoms with E-state index in [4.69, 9.17) is 9.47 Å². The SMILES string of the molecule is O=C(COC(=O)CCCC1CCCCC1)Nc1cccc(S(=O)(=O)N2CCOCC2)c1. The fourth-order valence-electron chi connectivity index (χ4n) is 4.10. The van der Waals surface area contributed by atoms with Crippen molar-refractivity contribution in [2.24, 2.45) is 5.92 Å². The Labute approximate surface area is 184 Å². The van der Waals surface area contributed by atoms with Crippen LogP contribution in [0.1, 0.15) is 51.4 Å². The second-order valence-electron chi connectivity index (χ2n) is 8.15. The van der Waals surface area contributed by atoms with Crippen molar-refractivity contribution in [3.05, 3.63) is 24.3 Å². The van der Waals surface area contributed by atoms with E-state index in [1.54, 1.807) is 12.1 Å². The van der Waals surface area contributed by atoms with Gasteiger partial charge in [-0.2, -0.15) is 4.31 Å². The van der Waals surface area contributed by atoms with Gasteiger partial charge in [0.25, 0.3) is 5.91 Å². The molecule has 1 saturated heterocycles. The van der Waals surface area contributed by atoms with Crippen LogP contribution in [0.2, 0.25) is 0 Å². The maximum Gasteiger partial charge on any atom is 0.306 e. The molecule has 8 nitrogen and oxygen atoms in total. The highest BCUT2D eigenvalue weighted by atomic mass is 32.2. The lowest BCUT2D eigenvalue weighted by Gasteiger charge is -2.26. The number of hydrogen-bond acceptors (Lipinski definition) is 6. The number of nitrogens with one attached hydrogen (secondary N) is 1. The van der Waals surface area contributed by atoms with Crippen molar-refractivity contribution in [2.75, 3.05) is 38.2 Å². The van der Waals surface area contributed by atoms with Crippen molar-refractivity contribution in [3.63, 3.8) is 0 Å². The van der Waals surface area contributed by atoms with E-state index in [1.807, 2.05) is 0 Å². The lowest BCUT2D eigenvalue weighted by atomic mass is 9.86. The lowest BCUT2D eigenvalue weighted by molar-refractivity contribution is -0.147. The third kappa shape index (κ3) is 7.29. The van der Waals surface area contributed by atoms with E-state index >= 15 is 0 Å². The van der Waals surface area contributed by atoms with Crippen molar-refractivity contribution in [2.45, 2.75) is 56.3 Å². The summed E-state index contributed by atoms with van der Waals surface area (Å²) in [5.74, 6) is -0.165. The molecule has 3 rings (SSSR count). The number of carbonyl (C=O) groups is 2. The second-order valence-corrected chi connectivity index (χ2v) is 10.1. The fourth-order valence-corrected chi connectivity index (χ4v) is 5.55. The van der Waals surface area contributed by atoms with Crippen molar-refractivity contribution in [1.29, 1.82) is 0 Å². The van der Waals surface area contributed by atoms with Gasteiger partial charge in [0.15, 0.2) is 6.61 Å². The Morgan fingerprint density at radius 1 is 1.13 bits per heavy atom. The van der Waals surface area contributed by atoms with Crippen LogP contribution in [0.4, 0.5) is 5.69 Å². The van der Waals surface area contributed by atoms with E-state index in [9.17, 15) is 18.0 Å². The molecule has 0 bridgehead atoms. The monoisotopic (exact) mass is 452 g/mol. The van der Waals surface area contributed by atoms with Gasteiger partial charge in [-0.15, -0.1) is 0 Å². The van der Waals surface area contributed by atoms with Gasteiger partial charge in [0.2, 0.25) is 10.0 Å². The van der Waals surface area contributed by atoms with Crippen molar-refractivity contribution in [3.8, 4) is 0 Å². The third-order valence-corrected chi connectivity index (χ3v) is 7.70. The van der Waals surface area contributed by atoms with Crippen LogP contribution in [-0.2, 0) is 29.1 Å². The third-order valence-electron chi connectivity index (χ3n) is 5.81. The van der Waals surface area contributed by atoms with E-state index in [0.29, 0.717) is 44.3 Å². The summed E-state index contributed by atoms with van der Waals surface area (Å²) in [5.41, 5.74) is 0.340. The normalized spacial score (nSPS) is 18.5. The smallest absolute Gasteiger partial charge is 0.306 e. The number of benzene rings is 1. The Bertz CT molecular complexity index is 845. The Hall–Kier alpha value is -1.97. The summed E-state index contributed by atoms with van der Waals surface area (Å²) in [4.78, 5) is 24.1. The topological polar surface area (TPSA) is 102 Å². The highest BCUT2D eigenvalue weighted by Crippen LogP contribution is 2.27. The first-order valence-corrected chi connectivity index (χ1v) is 12.5. The van der Waals surface area contributed by atoms with Crippen LogP contribution in [0, 0.1) is 5.92 Å². The molecular formula is C22H32N2O6S. The second kappa shape index (κ2) is 11.6. The number of morpholine rings is 1. The molecular weight excluding hydrogens is 420 g/mol. The molecule has 1 amide bonds. The largest absolute Gasteiger partial charge is 0.456 e. The molecule has 172 valence electrons. The molecule has 2 aliphatic rings. The van der Waals surface area contributed by atoms with Gasteiger partial charge in [-0.1, -0.05) is 38.2 Å². The summed E-state index contributed by atoms with van der Waals surface area (Å²) < 4.78 is 37.1. The Kier molecular flexibility index (Phi) is 8.86. The average molecular weight is 453 g/mol. The van der Waals surface area contributed by atoms with Gasteiger partial charge in [0.1, 0.15) is 0 Å². The summed E-state index contributed by atoms with van der Waals surface area (Å²) in [5, 5.41) is 2.60. The molecule has 1 aliphatic carbocycles. The van der Waals surface area contributed by atoms with Crippen LogP contribution in [-0.4, -0.2) is 57.5 Å². The zero-order chi connectivity index (χ0) is 22.1. The molecule has 1 N–H and O–H groups in total. The highest BCUT2D eigenvalue weighted by molar-refractivity contribution is 7.89. The summed E-state index contributed by atoms with van der Waals surface area (Å²) in [6.07, 6.45) is 8.51. The van der Waals surface area contributed by atoms with Crippen LogP contribution in [0.5, 0.6) is 0 Å². The first kappa shape index (κ1) is 23.7. The number of sulfonamides is 1. The van der Waals surface area contributed by atoms with Crippen LogP contribution in [0.3, 0.4) is 0 Å². The van der Waals surface area contributed by atoms with Crippen LogP contribution >= 0.6 is 0 Å². The van der Waals surface area contributed by atoms with Crippen molar-refractivity contribution < 1.29 is 27.5 Å². The molecule has 0 aromatic heterocycles. The number of nitrogens with zero attached hydrogens (tertiary/aromatic N) is 1. The molecule has 1 heterocycles. The number of amides is 1. The van der Waals surface area contributed by atoms with Gasteiger partial charge >= 0.3 is 5.97 Å². The molecule has 31 heavy (non-hydrogen) atoms. The molecule has 0 spiro atoms. The van der Waals surface area contributed by atoms with E-state index < -0.39 is 15.9 Å². The van der Waals surface area contributed by atoms with E-state index in [-0.39, 0.29) is 17.5 Å². The summed E-state index contributed by atoms with van der Waals surface area (Å²) in [7, 11) is -3.65. The molecule has 1 aliphatic heterocycles. The molecule has 2 fully saturated rings. The van der Waals surface area contributed by atoms with Gasteiger partial charge in [-0.05, 0) is 37.0 Å². The molecule has 1 aromatic rings. The quantitative estimate of drug-likeness (QED) is 0.578. The standard InChI is InChI=1S/C22H32N2O6S/c25-21(17-30-22(26)11-4-8-18-6-2-1-3-7-18)23-19-9-5-10-20(16-19)31(27,28)24-12-14-29-15-13-24/h5,9-10,16,18H,1-4,6-8,11-15,17H2,(H,23,25). The first-order valence-electron chi connectivity index (χ1n) is 11.1. The van der Waals surface area contributed by atoms with Gasteiger partial charge < -0.3 is 14.8 Å². The zero-order valence-corrected chi connectivity index (χ0v) is 18.7. The number of rotatable bonds is 9. The molecule has 9 heteroatoms. The number of anilines is 1. The van der Waals surface area contributed by atoms with Gasteiger partial charge in [-0.25, -0.2) is 8.42 Å². The Balaban J connectivity index is 1.42. The summed E-state index contributed by atoms with van der Waals surface area (Å²) >= 11 is 0. The van der Waals surface area contributed by atoms with Gasteiger partial charge in [-0.3, -0.25) is 9.59 Å². The predicted molar refractivity (Wildman–Crippen MR) is 116 cm³/mol.